The summed E-state index contributed by atoms with van der Waals surface area (Å²) in [5.41, 5.74) is 7.39. The van der Waals surface area contributed by atoms with E-state index in [2.05, 4.69) is 10.3 Å². The number of anilines is 2. The predicted octanol–water partition coefficient (Wildman–Crippen LogP) is 2.20. The van der Waals surface area contributed by atoms with E-state index in [0.29, 0.717) is 18.1 Å². The van der Waals surface area contributed by atoms with Gasteiger partial charge in [0.2, 0.25) is 0 Å². The second kappa shape index (κ2) is 6.43. The lowest BCUT2D eigenvalue weighted by atomic mass is 10.1. The molecule has 0 bridgehead atoms. The molecule has 5 heteroatoms. The first-order valence-electron chi connectivity index (χ1n) is 6.27. The quantitative estimate of drug-likeness (QED) is 0.868. The maximum absolute atomic E-state index is 8.88. The molecule has 5 nitrogen and oxygen atoms in total. The molecule has 0 aliphatic rings. The van der Waals surface area contributed by atoms with Crippen LogP contribution < -0.4 is 15.8 Å². The smallest absolute Gasteiger partial charge is 0.165 e. The molecule has 1 aromatic heterocycles. The van der Waals surface area contributed by atoms with Gasteiger partial charge in [-0.15, -0.1) is 0 Å². The highest BCUT2D eigenvalue weighted by Crippen LogP contribution is 2.18. The van der Waals surface area contributed by atoms with Crippen LogP contribution in [-0.4, -0.2) is 18.6 Å². The van der Waals surface area contributed by atoms with Crippen LogP contribution in [0, 0.1) is 11.3 Å². The topological polar surface area (TPSA) is 84.0 Å². The third kappa shape index (κ3) is 3.18. The van der Waals surface area contributed by atoms with E-state index in [1.54, 1.807) is 19.2 Å². The lowest BCUT2D eigenvalue weighted by molar-refractivity contribution is 0.410. The molecule has 0 amide bonds. The normalized spacial score (nSPS) is 9.80. The van der Waals surface area contributed by atoms with Crippen LogP contribution in [0.4, 0.5) is 11.5 Å². The van der Waals surface area contributed by atoms with Crippen molar-refractivity contribution >= 4 is 11.5 Å². The largest absolute Gasteiger partial charge is 0.496 e. The fourth-order valence-corrected chi connectivity index (χ4v) is 1.89. The molecule has 0 fully saturated rings. The lowest BCUT2D eigenvalue weighted by Crippen LogP contribution is -2.08. The number of benzene rings is 1. The van der Waals surface area contributed by atoms with E-state index in [1.165, 1.54) is 0 Å². The molecule has 0 aliphatic carbocycles. The van der Waals surface area contributed by atoms with Gasteiger partial charge in [0.15, 0.2) is 5.69 Å². The van der Waals surface area contributed by atoms with Crippen LogP contribution in [0.25, 0.3) is 0 Å². The molecule has 2 rings (SSSR count). The average Bonchev–Trinajstić information content (AvgIpc) is 2.49. The van der Waals surface area contributed by atoms with Gasteiger partial charge in [-0.05, 0) is 30.2 Å². The molecule has 0 saturated carbocycles. The molecule has 3 N–H and O–H groups in total. The zero-order valence-electron chi connectivity index (χ0n) is 11.3. The summed E-state index contributed by atoms with van der Waals surface area (Å²) >= 11 is 0. The Bertz CT molecular complexity index is 634. The van der Waals surface area contributed by atoms with Gasteiger partial charge >= 0.3 is 0 Å². The van der Waals surface area contributed by atoms with Gasteiger partial charge in [0, 0.05) is 6.54 Å². The highest BCUT2D eigenvalue weighted by atomic mass is 16.5. The van der Waals surface area contributed by atoms with E-state index in [0.717, 1.165) is 17.7 Å². The van der Waals surface area contributed by atoms with E-state index in [1.807, 2.05) is 30.3 Å². The second-order valence-electron chi connectivity index (χ2n) is 4.23. The highest BCUT2D eigenvalue weighted by molar-refractivity contribution is 5.54. The number of nitrogens with one attached hydrogen (secondary N) is 1. The van der Waals surface area contributed by atoms with Crippen molar-refractivity contribution in [1.82, 2.24) is 4.98 Å². The first-order chi connectivity index (χ1) is 9.74. The molecule has 0 radical (unpaired) electrons. The third-order valence-electron chi connectivity index (χ3n) is 2.93. The summed E-state index contributed by atoms with van der Waals surface area (Å²) in [4.78, 5) is 4.14. The molecule has 20 heavy (non-hydrogen) atoms. The van der Waals surface area contributed by atoms with Gasteiger partial charge in [0.05, 0.1) is 12.8 Å². The Morgan fingerprint density at radius 3 is 2.85 bits per heavy atom. The Morgan fingerprint density at radius 1 is 1.30 bits per heavy atom. The van der Waals surface area contributed by atoms with Crippen LogP contribution in [0.15, 0.2) is 36.4 Å². The van der Waals surface area contributed by atoms with Crippen molar-refractivity contribution in [3.8, 4) is 11.8 Å². The number of nitrogens with zero attached hydrogens (tertiary/aromatic N) is 2. The summed E-state index contributed by atoms with van der Waals surface area (Å²) < 4.78 is 5.30. The second-order valence-corrected chi connectivity index (χ2v) is 4.23. The summed E-state index contributed by atoms with van der Waals surface area (Å²) in [6, 6.07) is 13.3. The number of aromatic nitrogens is 1. The Hall–Kier alpha value is -2.74. The summed E-state index contributed by atoms with van der Waals surface area (Å²) in [5, 5.41) is 12.1. The molecule has 0 aliphatic heterocycles. The zero-order valence-corrected chi connectivity index (χ0v) is 11.3. The lowest BCUT2D eigenvalue weighted by Gasteiger charge is -2.09. The van der Waals surface area contributed by atoms with E-state index in [9.17, 15) is 0 Å². The van der Waals surface area contributed by atoms with Crippen molar-refractivity contribution in [2.24, 2.45) is 0 Å². The van der Waals surface area contributed by atoms with E-state index >= 15 is 0 Å². The molecule has 2 aromatic rings. The number of pyridine rings is 1. The summed E-state index contributed by atoms with van der Waals surface area (Å²) in [6.07, 6.45) is 0.804. The minimum Gasteiger partial charge on any atom is -0.496 e. The summed E-state index contributed by atoms with van der Waals surface area (Å²) in [6.45, 7) is 0.697. The van der Waals surface area contributed by atoms with Gasteiger partial charge < -0.3 is 15.8 Å². The van der Waals surface area contributed by atoms with Gasteiger partial charge in [-0.3, -0.25) is 0 Å². The number of para-hydroxylation sites is 1. The van der Waals surface area contributed by atoms with Crippen LogP contribution in [0.5, 0.6) is 5.75 Å². The summed E-state index contributed by atoms with van der Waals surface area (Å²) in [5.74, 6) is 1.52. The highest BCUT2D eigenvalue weighted by Gasteiger charge is 2.03. The van der Waals surface area contributed by atoms with Gasteiger partial charge in [-0.25, -0.2) is 4.98 Å². The maximum atomic E-state index is 8.88. The first-order valence-corrected chi connectivity index (χ1v) is 6.27. The van der Waals surface area contributed by atoms with Gasteiger partial charge in [-0.1, -0.05) is 18.2 Å². The van der Waals surface area contributed by atoms with E-state index in [4.69, 9.17) is 15.7 Å². The molecule has 102 valence electrons. The van der Waals surface area contributed by atoms with Crippen molar-refractivity contribution in [3.05, 3.63) is 47.7 Å². The van der Waals surface area contributed by atoms with Crippen LogP contribution in [0.1, 0.15) is 11.3 Å². The first kappa shape index (κ1) is 13.7. The zero-order chi connectivity index (χ0) is 14.4. The van der Waals surface area contributed by atoms with E-state index < -0.39 is 0 Å². The number of nitrogen functional groups attached to an aromatic ring is 1. The van der Waals surface area contributed by atoms with Crippen molar-refractivity contribution in [2.45, 2.75) is 6.42 Å². The van der Waals surface area contributed by atoms with Crippen molar-refractivity contribution in [1.29, 1.82) is 5.26 Å². The van der Waals surface area contributed by atoms with Gasteiger partial charge in [-0.2, -0.15) is 5.26 Å². The monoisotopic (exact) mass is 268 g/mol. The Balaban J connectivity index is 1.98. The Kier molecular flexibility index (Phi) is 4.40. The van der Waals surface area contributed by atoms with Crippen LogP contribution >= 0.6 is 0 Å². The number of hydrogen-bond donors (Lipinski definition) is 2. The van der Waals surface area contributed by atoms with Crippen LogP contribution in [-0.2, 0) is 6.42 Å². The number of ether oxygens (including phenoxy) is 1. The Morgan fingerprint density at radius 2 is 2.10 bits per heavy atom. The van der Waals surface area contributed by atoms with Crippen molar-refractivity contribution in [2.75, 3.05) is 24.7 Å². The van der Waals surface area contributed by atoms with E-state index in [-0.39, 0.29) is 5.69 Å². The van der Waals surface area contributed by atoms with Crippen LogP contribution in [0.3, 0.4) is 0 Å². The number of nitriles is 1. The molecule has 0 saturated heterocycles. The average molecular weight is 268 g/mol. The minimum absolute atomic E-state index is 0.243. The maximum Gasteiger partial charge on any atom is 0.165 e. The Labute approximate surface area is 118 Å². The standard InChI is InChI=1S/C15H16N4O/c1-20-14-5-3-2-4-11(14)8-9-18-15-7-6-12(17)13(10-16)19-15/h2-7H,8-9,17H2,1H3,(H,18,19). The van der Waals surface area contributed by atoms with Crippen LogP contribution in [0.2, 0.25) is 0 Å². The molecule has 0 unspecified atom stereocenters. The molecule has 1 heterocycles. The molecular weight excluding hydrogens is 252 g/mol. The fourth-order valence-electron chi connectivity index (χ4n) is 1.89. The third-order valence-corrected chi connectivity index (χ3v) is 2.93. The molecule has 0 atom stereocenters. The van der Waals surface area contributed by atoms with Crippen molar-refractivity contribution in [3.63, 3.8) is 0 Å². The molecule has 1 aromatic carbocycles. The number of rotatable bonds is 5. The molecular formula is C15H16N4O. The fraction of sp³-hybridized carbons (Fsp3) is 0.200. The van der Waals surface area contributed by atoms with Crippen molar-refractivity contribution < 1.29 is 4.74 Å². The number of hydrogen-bond acceptors (Lipinski definition) is 5. The summed E-state index contributed by atoms with van der Waals surface area (Å²) in [7, 11) is 1.66. The van der Waals surface area contributed by atoms with Gasteiger partial charge in [0.1, 0.15) is 17.6 Å². The number of methoxy groups -OCH3 is 1. The predicted molar refractivity (Wildman–Crippen MR) is 78.6 cm³/mol. The van der Waals surface area contributed by atoms with Gasteiger partial charge in [0.25, 0.3) is 0 Å². The molecule has 0 spiro atoms. The minimum atomic E-state index is 0.243. The number of nitrogens with two attached hydrogens (primary N) is 1. The SMILES string of the molecule is COc1ccccc1CCNc1ccc(N)c(C#N)n1.